The molecule has 0 atom stereocenters. The molecule has 0 aromatic carbocycles. The predicted molar refractivity (Wildman–Crippen MR) is 69.8 cm³/mol. The molecule has 114 valence electrons. The van der Waals surface area contributed by atoms with Gasteiger partial charge in [-0.2, -0.15) is 0 Å². The number of hydrogen-bond donors (Lipinski definition) is 1. The summed E-state index contributed by atoms with van der Waals surface area (Å²) in [6.45, 7) is 3.65. The highest BCUT2D eigenvalue weighted by molar-refractivity contribution is 5.75. The van der Waals surface area contributed by atoms with Crippen LogP contribution in [-0.2, 0) is 27.4 Å². The molecule has 0 saturated heterocycles. The summed E-state index contributed by atoms with van der Waals surface area (Å²) in [5.41, 5.74) is 0.661. The average Bonchev–Trinajstić information content (AvgIpc) is 2.90. The van der Waals surface area contributed by atoms with Gasteiger partial charge in [0.15, 0.2) is 0 Å². The lowest BCUT2D eigenvalue weighted by Gasteiger charge is -2.05. The number of halogens is 1. The van der Waals surface area contributed by atoms with Gasteiger partial charge in [-0.15, -0.1) is 5.10 Å². The zero-order valence-corrected chi connectivity index (χ0v) is 11.7. The Morgan fingerprint density at radius 3 is 3.00 bits per heavy atom. The van der Waals surface area contributed by atoms with Gasteiger partial charge in [-0.05, 0) is 0 Å². The van der Waals surface area contributed by atoms with Crippen LogP contribution >= 0.6 is 0 Å². The molecule has 0 fully saturated rings. The van der Waals surface area contributed by atoms with Gasteiger partial charge in [0.2, 0.25) is 5.91 Å². The van der Waals surface area contributed by atoms with Crippen LogP contribution in [0.25, 0.3) is 0 Å². The van der Waals surface area contributed by atoms with E-state index in [9.17, 15) is 9.18 Å². The molecule has 1 amide bonds. The van der Waals surface area contributed by atoms with Crippen molar-refractivity contribution in [1.82, 2.24) is 20.3 Å². The van der Waals surface area contributed by atoms with Gasteiger partial charge < -0.3 is 14.8 Å². The molecule has 1 rings (SSSR count). The van der Waals surface area contributed by atoms with Crippen LogP contribution in [0.2, 0.25) is 0 Å². The van der Waals surface area contributed by atoms with Crippen molar-refractivity contribution < 1.29 is 18.7 Å². The first kappa shape index (κ1) is 16.5. The predicted octanol–water partition coefficient (Wildman–Crippen LogP) is 0.307. The largest absolute Gasteiger partial charge is 0.378 e. The number of alkyl halides is 1. The molecule has 1 aromatic rings. The molecular formula is C12H21FN4O3. The van der Waals surface area contributed by atoms with Crippen molar-refractivity contribution in [3.8, 4) is 0 Å². The van der Waals surface area contributed by atoms with E-state index >= 15 is 0 Å². The Balaban J connectivity index is 2.05. The molecular weight excluding hydrogens is 266 g/mol. The van der Waals surface area contributed by atoms with Crippen LogP contribution < -0.4 is 5.32 Å². The number of aromatic nitrogens is 3. The zero-order valence-electron chi connectivity index (χ0n) is 11.7. The van der Waals surface area contributed by atoms with Gasteiger partial charge in [-0.25, -0.2) is 9.07 Å². The van der Waals surface area contributed by atoms with Crippen molar-refractivity contribution >= 4 is 5.91 Å². The number of nitrogens with zero attached hydrogens (tertiary/aromatic N) is 3. The van der Waals surface area contributed by atoms with Crippen LogP contribution in [-0.4, -0.2) is 53.9 Å². The summed E-state index contributed by atoms with van der Waals surface area (Å²) in [5.74, 6) is 0.0165. The van der Waals surface area contributed by atoms with E-state index in [0.717, 1.165) is 0 Å². The van der Waals surface area contributed by atoms with E-state index < -0.39 is 6.67 Å². The van der Waals surface area contributed by atoms with E-state index in [0.29, 0.717) is 38.4 Å². The molecule has 0 saturated carbocycles. The van der Waals surface area contributed by atoms with E-state index in [4.69, 9.17) is 9.47 Å². The Labute approximate surface area is 117 Å². The Kier molecular flexibility index (Phi) is 8.48. The lowest BCUT2D eigenvalue weighted by Crippen LogP contribution is -2.26. The summed E-state index contributed by atoms with van der Waals surface area (Å²) in [5, 5.41) is 10.5. The maximum atomic E-state index is 11.8. The quantitative estimate of drug-likeness (QED) is 0.593. The van der Waals surface area contributed by atoms with E-state index in [1.807, 2.05) is 0 Å². The molecule has 1 N–H and O–H groups in total. The number of carbonyl (C=O) groups excluding carboxylic acids is 1. The fourth-order valence-electron chi connectivity index (χ4n) is 1.39. The molecule has 0 bridgehead atoms. The smallest absolute Gasteiger partial charge is 0.219 e. The van der Waals surface area contributed by atoms with Crippen LogP contribution in [0.3, 0.4) is 0 Å². The van der Waals surface area contributed by atoms with Crippen LogP contribution in [0.5, 0.6) is 0 Å². The third kappa shape index (κ3) is 7.15. The minimum Gasteiger partial charge on any atom is -0.378 e. The highest BCUT2D eigenvalue weighted by Gasteiger charge is 2.01. The van der Waals surface area contributed by atoms with Gasteiger partial charge in [-0.1, -0.05) is 12.1 Å². The third-order valence-electron chi connectivity index (χ3n) is 2.41. The number of hydrogen-bond acceptors (Lipinski definition) is 5. The number of carbonyl (C=O) groups is 1. The van der Waals surface area contributed by atoms with Gasteiger partial charge in [0, 0.05) is 13.0 Å². The summed E-state index contributed by atoms with van der Waals surface area (Å²) < 4.78 is 23.8. The topological polar surface area (TPSA) is 78.3 Å². The molecule has 7 nitrogen and oxygen atoms in total. The van der Waals surface area contributed by atoms with Crippen LogP contribution in [0.1, 0.15) is 19.0 Å². The molecule has 0 aliphatic heterocycles. The first-order valence-electron chi connectivity index (χ1n) is 6.63. The number of nitrogens with one attached hydrogen (secondary N) is 1. The highest BCUT2D eigenvalue weighted by atomic mass is 18.2. The Hall–Kier alpha value is -1.54. The summed E-state index contributed by atoms with van der Waals surface area (Å²) >= 11 is 0. The summed E-state index contributed by atoms with van der Waals surface area (Å²) in [6.07, 6.45) is 2.21. The fourth-order valence-corrected chi connectivity index (χ4v) is 1.39. The summed E-state index contributed by atoms with van der Waals surface area (Å²) in [7, 11) is 0. The van der Waals surface area contributed by atoms with Crippen molar-refractivity contribution in [2.75, 3.05) is 33.0 Å². The minimum absolute atomic E-state index is 0.0165. The molecule has 0 spiro atoms. The molecule has 1 heterocycles. The molecule has 0 aliphatic rings. The van der Waals surface area contributed by atoms with Crippen molar-refractivity contribution in [2.45, 2.75) is 26.5 Å². The highest BCUT2D eigenvalue weighted by Crippen LogP contribution is 1.96. The van der Waals surface area contributed by atoms with Crippen molar-refractivity contribution in [3.63, 3.8) is 0 Å². The third-order valence-corrected chi connectivity index (χ3v) is 2.41. The monoisotopic (exact) mass is 287 g/mol. The van der Waals surface area contributed by atoms with E-state index in [1.54, 1.807) is 17.8 Å². The minimum atomic E-state index is -0.503. The molecule has 0 unspecified atom stereocenters. The number of rotatable bonds is 11. The second-order valence-corrected chi connectivity index (χ2v) is 4.03. The molecule has 20 heavy (non-hydrogen) atoms. The summed E-state index contributed by atoms with van der Waals surface area (Å²) in [6, 6.07) is 0. The van der Waals surface area contributed by atoms with Gasteiger partial charge in [-0.3, -0.25) is 4.79 Å². The Bertz CT molecular complexity index is 387. The Morgan fingerprint density at radius 1 is 1.40 bits per heavy atom. The van der Waals surface area contributed by atoms with Gasteiger partial charge in [0.05, 0.1) is 39.2 Å². The first-order chi connectivity index (χ1) is 9.76. The van der Waals surface area contributed by atoms with Crippen molar-refractivity contribution in [3.05, 3.63) is 11.9 Å². The molecule has 1 aromatic heterocycles. The number of amides is 1. The Morgan fingerprint density at radius 2 is 2.25 bits per heavy atom. The molecule has 0 aliphatic carbocycles. The standard InChI is InChI=1S/C12H21FN4O3/c1-2-12(18)14-4-7-19-8-5-17-9-11(15-16-17)10-20-6-3-13/h9H,2-8,10H2,1H3,(H,14,18)/i13-1. The van der Waals surface area contributed by atoms with Gasteiger partial charge >= 0.3 is 0 Å². The van der Waals surface area contributed by atoms with Crippen LogP contribution in [0.15, 0.2) is 6.20 Å². The number of ether oxygens (including phenoxy) is 2. The second kappa shape index (κ2) is 10.3. The van der Waals surface area contributed by atoms with E-state index in [1.165, 1.54) is 0 Å². The molecule has 8 heteroatoms. The lowest BCUT2D eigenvalue weighted by molar-refractivity contribution is -0.121. The fraction of sp³-hybridized carbons (Fsp3) is 0.750. The van der Waals surface area contributed by atoms with Crippen LogP contribution in [0, 0.1) is 0 Å². The average molecular weight is 287 g/mol. The zero-order chi connectivity index (χ0) is 14.6. The normalized spacial score (nSPS) is 10.7. The van der Waals surface area contributed by atoms with E-state index in [2.05, 4.69) is 15.6 Å². The van der Waals surface area contributed by atoms with Gasteiger partial charge in [0.25, 0.3) is 0 Å². The summed E-state index contributed by atoms with van der Waals surface area (Å²) in [4.78, 5) is 11.0. The maximum Gasteiger partial charge on any atom is 0.219 e. The van der Waals surface area contributed by atoms with Crippen molar-refractivity contribution in [2.24, 2.45) is 0 Å². The van der Waals surface area contributed by atoms with E-state index in [-0.39, 0.29) is 19.1 Å². The lowest BCUT2D eigenvalue weighted by atomic mass is 10.4. The maximum absolute atomic E-state index is 11.8. The van der Waals surface area contributed by atoms with Crippen molar-refractivity contribution in [1.29, 1.82) is 0 Å². The van der Waals surface area contributed by atoms with Crippen LogP contribution in [0.4, 0.5) is 4.39 Å². The SMILES string of the molecule is CCC(=O)NCCOCCn1cc(COCC[18F])nn1. The van der Waals surface area contributed by atoms with Gasteiger partial charge in [0.1, 0.15) is 12.4 Å². The second-order valence-electron chi connectivity index (χ2n) is 4.03. The first-order valence-corrected chi connectivity index (χ1v) is 6.63. The molecule has 0 radical (unpaired) electrons.